The topological polar surface area (TPSA) is 39.9 Å². The molecule has 0 spiro atoms. The molecule has 0 bridgehead atoms. The predicted octanol–water partition coefficient (Wildman–Crippen LogP) is 4.12. The summed E-state index contributed by atoms with van der Waals surface area (Å²) in [5.74, 6) is 1.77. The van der Waals surface area contributed by atoms with Crippen molar-refractivity contribution < 1.29 is 4.74 Å². The molecule has 0 saturated heterocycles. The fraction of sp³-hybridized carbons (Fsp3) is 0.250. The van der Waals surface area contributed by atoms with E-state index in [1.54, 1.807) is 10.9 Å². The van der Waals surface area contributed by atoms with Gasteiger partial charge in [0.1, 0.15) is 5.69 Å². The second kappa shape index (κ2) is 5.37. The Balaban J connectivity index is 2.13. The van der Waals surface area contributed by atoms with Crippen LogP contribution >= 0.6 is 11.6 Å². The third-order valence-electron chi connectivity index (χ3n) is 3.63. The van der Waals surface area contributed by atoms with Crippen molar-refractivity contribution in [3.05, 3.63) is 47.4 Å². The summed E-state index contributed by atoms with van der Waals surface area (Å²) in [6.45, 7) is 3.91. The maximum atomic E-state index is 6.04. The molecule has 2 heterocycles. The number of nitrogens with zero attached hydrogens (tertiary/aromatic N) is 3. The quantitative estimate of drug-likeness (QED) is 0.683. The summed E-state index contributed by atoms with van der Waals surface area (Å²) in [7, 11) is 1.90. The van der Waals surface area contributed by atoms with Crippen LogP contribution in [0.2, 0.25) is 0 Å². The van der Waals surface area contributed by atoms with Gasteiger partial charge in [0.15, 0.2) is 5.75 Å². The standard InChI is InChI=1S/C16H16ClN3O/c1-10-15(11(2)20(3)19-10)21-16-14-7-5-4-6-13(14)12(8-17)9-18-16/h4-7,9H,8H2,1-3H3. The lowest BCUT2D eigenvalue weighted by atomic mass is 10.1. The van der Waals surface area contributed by atoms with Gasteiger partial charge in [0.25, 0.3) is 0 Å². The molecular weight excluding hydrogens is 286 g/mol. The molecule has 21 heavy (non-hydrogen) atoms. The van der Waals surface area contributed by atoms with Crippen LogP contribution in [0.4, 0.5) is 0 Å². The zero-order valence-corrected chi connectivity index (χ0v) is 13.0. The number of halogens is 1. The first kappa shape index (κ1) is 13.9. The van der Waals surface area contributed by atoms with E-state index in [0.29, 0.717) is 11.8 Å². The molecule has 0 aliphatic rings. The first-order valence-electron chi connectivity index (χ1n) is 6.72. The minimum atomic E-state index is 0.429. The van der Waals surface area contributed by atoms with Crippen molar-refractivity contribution in [3.63, 3.8) is 0 Å². The number of rotatable bonds is 3. The number of pyridine rings is 1. The van der Waals surface area contributed by atoms with Gasteiger partial charge >= 0.3 is 0 Å². The van der Waals surface area contributed by atoms with Crippen LogP contribution in [0.25, 0.3) is 10.8 Å². The maximum Gasteiger partial charge on any atom is 0.227 e. The van der Waals surface area contributed by atoms with E-state index in [4.69, 9.17) is 16.3 Å². The van der Waals surface area contributed by atoms with Gasteiger partial charge in [0.2, 0.25) is 5.88 Å². The fourth-order valence-corrected chi connectivity index (χ4v) is 2.62. The summed E-state index contributed by atoms with van der Waals surface area (Å²) >= 11 is 5.98. The molecule has 0 saturated carbocycles. The van der Waals surface area contributed by atoms with E-state index in [-0.39, 0.29) is 0 Å². The van der Waals surface area contributed by atoms with Gasteiger partial charge in [-0.05, 0) is 30.9 Å². The number of alkyl halides is 1. The Morgan fingerprint density at radius 3 is 2.52 bits per heavy atom. The number of fused-ring (bicyclic) bond motifs is 1. The smallest absolute Gasteiger partial charge is 0.227 e. The third kappa shape index (κ3) is 2.36. The van der Waals surface area contributed by atoms with Crippen molar-refractivity contribution >= 4 is 22.4 Å². The molecule has 0 N–H and O–H groups in total. The van der Waals surface area contributed by atoms with Crippen LogP contribution in [0.1, 0.15) is 17.0 Å². The normalized spacial score (nSPS) is 11.0. The second-order valence-electron chi connectivity index (χ2n) is 4.99. The van der Waals surface area contributed by atoms with Crippen molar-refractivity contribution in [1.29, 1.82) is 0 Å². The molecule has 108 valence electrons. The molecule has 5 heteroatoms. The molecule has 3 rings (SSSR count). The monoisotopic (exact) mass is 301 g/mol. The van der Waals surface area contributed by atoms with E-state index in [1.165, 1.54) is 0 Å². The zero-order valence-electron chi connectivity index (χ0n) is 12.2. The summed E-state index contributed by atoms with van der Waals surface area (Å²) in [4.78, 5) is 4.42. The summed E-state index contributed by atoms with van der Waals surface area (Å²) in [5.41, 5.74) is 2.82. The summed E-state index contributed by atoms with van der Waals surface area (Å²) in [5, 5.41) is 6.39. The minimum Gasteiger partial charge on any atom is -0.434 e. The highest BCUT2D eigenvalue weighted by atomic mass is 35.5. The van der Waals surface area contributed by atoms with Crippen LogP contribution in [0.5, 0.6) is 11.6 Å². The lowest BCUT2D eigenvalue weighted by Gasteiger charge is -2.10. The van der Waals surface area contributed by atoms with Crippen LogP contribution in [-0.4, -0.2) is 14.8 Å². The number of aromatic nitrogens is 3. The van der Waals surface area contributed by atoms with Gasteiger partial charge in [0.05, 0.1) is 5.69 Å². The van der Waals surface area contributed by atoms with Crippen molar-refractivity contribution in [3.8, 4) is 11.6 Å². The summed E-state index contributed by atoms with van der Waals surface area (Å²) in [6, 6.07) is 7.99. The SMILES string of the molecule is Cc1nn(C)c(C)c1Oc1ncc(CCl)c2ccccc12. The second-order valence-corrected chi connectivity index (χ2v) is 5.26. The number of hydrogen-bond donors (Lipinski definition) is 0. The molecule has 0 aliphatic heterocycles. The van der Waals surface area contributed by atoms with Crippen molar-refractivity contribution in [2.75, 3.05) is 0 Å². The van der Waals surface area contributed by atoms with Crippen molar-refractivity contribution in [2.45, 2.75) is 19.7 Å². The largest absolute Gasteiger partial charge is 0.434 e. The highest BCUT2D eigenvalue weighted by Gasteiger charge is 2.15. The highest BCUT2D eigenvalue weighted by Crippen LogP contribution is 2.33. The lowest BCUT2D eigenvalue weighted by molar-refractivity contribution is 0.461. The van der Waals surface area contributed by atoms with Crippen LogP contribution in [-0.2, 0) is 12.9 Å². The van der Waals surface area contributed by atoms with Crippen LogP contribution in [0.15, 0.2) is 30.5 Å². The Morgan fingerprint density at radius 2 is 1.90 bits per heavy atom. The molecule has 0 aliphatic carbocycles. The first-order chi connectivity index (χ1) is 10.1. The predicted molar refractivity (Wildman–Crippen MR) is 84.1 cm³/mol. The molecule has 0 atom stereocenters. The van der Waals surface area contributed by atoms with E-state index in [1.807, 2.05) is 45.2 Å². The molecule has 4 nitrogen and oxygen atoms in total. The van der Waals surface area contributed by atoms with Gasteiger partial charge in [-0.1, -0.05) is 18.2 Å². The Bertz CT molecular complexity index is 811. The summed E-state index contributed by atoms with van der Waals surface area (Å²) < 4.78 is 7.84. The van der Waals surface area contributed by atoms with Gasteiger partial charge in [-0.3, -0.25) is 4.68 Å². The van der Waals surface area contributed by atoms with Crippen LogP contribution in [0, 0.1) is 13.8 Å². The van der Waals surface area contributed by atoms with E-state index in [0.717, 1.165) is 33.5 Å². The van der Waals surface area contributed by atoms with Gasteiger partial charge in [-0.25, -0.2) is 4.98 Å². The van der Waals surface area contributed by atoms with E-state index >= 15 is 0 Å². The number of ether oxygens (including phenoxy) is 1. The first-order valence-corrected chi connectivity index (χ1v) is 7.26. The fourth-order valence-electron chi connectivity index (χ4n) is 2.41. The van der Waals surface area contributed by atoms with Crippen molar-refractivity contribution in [2.24, 2.45) is 7.05 Å². The average molecular weight is 302 g/mol. The third-order valence-corrected chi connectivity index (χ3v) is 3.91. The van der Waals surface area contributed by atoms with Gasteiger partial charge in [-0.15, -0.1) is 11.6 Å². The van der Waals surface area contributed by atoms with Gasteiger partial charge in [-0.2, -0.15) is 5.10 Å². The van der Waals surface area contributed by atoms with Crippen LogP contribution in [0.3, 0.4) is 0 Å². The highest BCUT2D eigenvalue weighted by molar-refractivity contribution is 6.18. The van der Waals surface area contributed by atoms with E-state index < -0.39 is 0 Å². The molecule has 1 aromatic carbocycles. The zero-order chi connectivity index (χ0) is 15.0. The lowest BCUT2D eigenvalue weighted by Crippen LogP contribution is -1.95. The van der Waals surface area contributed by atoms with Gasteiger partial charge in [0, 0.05) is 24.5 Å². The molecule has 0 radical (unpaired) electrons. The Hall–Kier alpha value is -2.07. The molecule has 0 unspecified atom stereocenters. The Morgan fingerprint density at radius 1 is 1.19 bits per heavy atom. The molecular formula is C16H16ClN3O. The number of benzene rings is 1. The minimum absolute atomic E-state index is 0.429. The summed E-state index contributed by atoms with van der Waals surface area (Å²) in [6.07, 6.45) is 1.77. The average Bonchev–Trinajstić information content (AvgIpc) is 2.74. The number of hydrogen-bond acceptors (Lipinski definition) is 3. The molecule has 0 fully saturated rings. The molecule has 3 aromatic rings. The van der Waals surface area contributed by atoms with Crippen molar-refractivity contribution in [1.82, 2.24) is 14.8 Å². The Kier molecular flexibility index (Phi) is 3.55. The van der Waals surface area contributed by atoms with Crippen LogP contribution < -0.4 is 4.74 Å². The van der Waals surface area contributed by atoms with E-state index in [2.05, 4.69) is 10.1 Å². The molecule has 2 aromatic heterocycles. The number of aryl methyl sites for hydroxylation is 2. The Labute approximate surface area is 128 Å². The maximum absolute atomic E-state index is 6.04. The van der Waals surface area contributed by atoms with E-state index in [9.17, 15) is 0 Å². The molecule has 0 amide bonds. The van der Waals surface area contributed by atoms with Gasteiger partial charge < -0.3 is 4.74 Å².